The van der Waals surface area contributed by atoms with Crippen molar-refractivity contribution in [1.29, 1.82) is 0 Å². The van der Waals surface area contributed by atoms with Crippen molar-refractivity contribution in [2.24, 2.45) is 0 Å². The smallest absolute Gasteiger partial charge is 0.256 e. The van der Waals surface area contributed by atoms with E-state index in [4.69, 9.17) is 0 Å². The van der Waals surface area contributed by atoms with E-state index in [1.165, 1.54) is 0 Å². The summed E-state index contributed by atoms with van der Waals surface area (Å²) >= 11 is 0. The van der Waals surface area contributed by atoms with Crippen LogP contribution in [0.2, 0.25) is 0 Å². The van der Waals surface area contributed by atoms with Crippen LogP contribution >= 0.6 is 0 Å². The lowest BCUT2D eigenvalue weighted by Crippen LogP contribution is -2.52. The van der Waals surface area contributed by atoms with Crippen LogP contribution in [0.15, 0.2) is 47.4 Å². The van der Waals surface area contributed by atoms with Gasteiger partial charge in [-0.3, -0.25) is 4.79 Å². The van der Waals surface area contributed by atoms with E-state index >= 15 is 0 Å². The second kappa shape index (κ2) is 8.29. The summed E-state index contributed by atoms with van der Waals surface area (Å²) in [6, 6.07) is 9.48. The molecule has 1 saturated heterocycles. The van der Waals surface area contributed by atoms with Crippen LogP contribution < -0.4 is 5.32 Å². The molecule has 1 aliphatic rings. The van der Waals surface area contributed by atoms with Crippen molar-refractivity contribution in [2.45, 2.75) is 49.5 Å². The average Bonchev–Trinajstić information content (AvgIpc) is 2.69. The Hall–Kier alpha value is -2.36. The summed E-state index contributed by atoms with van der Waals surface area (Å²) in [5, 5.41) is 13.4. The Kier molecular flexibility index (Phi) is 6.23. The number of hydrogen-bond donors (Lipinski definition) is 2. The van der Waals surface area contributed by atoms with E-state index in [9.17, 15) is 27.1 Å². The van der Waals surface area contributed by atoms with Gasteiger partial charge in [-0.05, 0) is 54.2 Å². The third-order valence-corrected chi connectivity index (χ3v) is 7.41. The molecular weight excluding hydrogens is 426 g/mol. The molecule has 0 saturated carbocycles. The maximum absolute atomic E-state index is 14.0. The standard InChI is InChI=1S/C22H26F2N2O4S/c1-21(2,3)15-4-7-17(8-5-15)25-20(27)22(28)10-12-26(13-11-22)31(29,30)19-14-16(23)6-9-18(19)24/h4-9,14,28H,10-13H2,1-3H3,(H,25,27). The quantitative estimate of drug-likeness (QED) is 0.744. The molecule has 1 amide bonds. The lowest BCUT2D eigenvalue weighted by Gasteiger charge is -2.36. The number of carbonyl (C=O) groups is 1. The molecule has 1 aliphatic heterocycles. The Bertz CT molecular complexity index is 1070. The fourth-order valence-electron chi connectivity index (χ4n) is 3.44. The van der Waals surface area contributed by atoms with Gasteiger partial charge in [0.15, 0.2) is 0 Å². The third-order valence-electron chi connectivity index (χ3n) is 5.49. The highest BCUT2D eigenvalue weighted by atomic mass is 32.2. The summed E-state index contributed by atoms with van der Waals surface area (Å²) < 4.78 is 53.7. The molecule has 2 aromatic carbocycles. The Morgan fingerprint density at radius 2 is 1.65 bits per heavy atom. The first-order valence-corrected chi connectivity index (χ1v) is 11.4. The van der Waals surface area contributed by atoms with Gasteiger partial charge in [0.05, 0.1) is 0 Å². The van der Waals surface area contributed by atoms with E-state index in [-0.39, 0.29) is 31.3 Å². The molecule has 0 atom stereocenters. The highest BCUT2D eigenvalue weighted by molar-refractivity contribution is 7.89. The topological polar surface area (TPSA) is 86.7 Å². The monoisotopic (exact) mass is 452 g/mol. The number of benzene rings is 2. The van der Waals surface area contributed by atoms with Crippen LogP contribution in [-0.2, 0) is 20.2 Å². The molecule has 0 aromatic heterocycles. The third kappa shape index (κ3) is 4.94. The maximum Gasteiger partial charge on any atom is 0.256 e. The van der Waals surface area contributed by atoms with Gasteiger partial charge in [0.25, 0.3) is 5.91 Å². The molecule has 2 N–H and O–H groups in total. The molecule has 31 heavy (non-hydrogen) atoms. The van der Waals surface area contributed by atoms with Crippen molar-refractivity contribution < 1.29 is 27.1 Å². The van der Waals surface area contributed by atoms with Crippen LogP contribution in [0.5, 0.6) is 0 Å². The Morgan fingerprint density at radius 3 is 2.19 bits per heavy atom. The van der Waals surface area contributed by atoms with Crippen LogP contribution in [-0.4, -0.2) is 42.4 Å². The minimum Gasteiger partial charge on any atom is -0.380 e. The summed E-state index contributed by atoms with van der Waals surface area (Å²) in [5.41, 5.74) is -0.203. The second-order valence-corrected chi connectivity index (χ2v) is 10.7. The first-order chi connectivity index (χ1) is 14.3. The first-order valence-electron chi connectivity index (χ1n) is 9.92. The fraction of sp³-hybridized carbons (Fsp3) is 0.409. The number of aliphatic hydroxyl groups is 1. The molecule has 168 valence electrons. The summed E-state index contributed by atoms with van der Waals surface area (Å²) in [6.07, 6.45) is -0.343. The van der Waals surface area contributed by atoms with Crippen LogP contribution in [0.25, 0.3) is 0 Å². The van der Waals surface area contributed by atoms with Crippen molar-refractivity contribution in [3.63, 3.8) is 0 Å². The summed E-state index contributed by atoms with van der Waals surface area (Å²) in [5.74, 6) is -2.56. The van der Waals surface area contributed by atoms with Crippen molar-refractivity contribution in [3.8, 4) is 0 Å². The molecule has 0 unspecified atom stereocenters. The zero-order valence-electron chi connectivity index (χ0n) is 17.7. The number of piperidine rings is 1. The van der Waals surface area contributed by atoms with Gasteiger partial charge in [-0.15, -0.1) is 0 Å². The minimum atomic E-state index is -4.29. The Morgan fingerprint density at radius 1 is 1.06 bits per heavy atom. The highest BCUT2D eigenvalue weighted by Crippen LogP contribution is 2.30. The van der Waals surface area contributed by atoms with E-state index < -0.39 is 38.1 Å². The van der Waals surface area contributed by atoms with Gasteiger partial charge in [-0.1, -0.05) is 32.9 Å². The van der Waals surface area contributed by atoms with Crippen LogP contribution in [0.3, 0.4) is 0 Å². The van der Waals surface area contributed by atoms with E-state index in [0.29, 0.717) is 11.8 Å². The number of halogens is 2. The van der Waals surface area contributed by atoms with E-state index in [2.05, 4.69) is 26.1 Å². The predicted octanol–water partition coefficient (Wildman–Crippen LogP) is 3.42. The number of carbonyl (C=O) groups excluding carboxylic acids is 1. The number of sulfonamides is 1. The lowest BCUT2D eigenvalue weighted by atomic mass is 9.87. The van der Waals surface area contributed by atoms with Crippen LogP contribution in [0.4, 0.5) is 14.5 Å². The van der Waals surface area contributed by atoms with E-state index in [1.54, 1.807) is 12.1 Å². The van der Waals surface area contributed by atoms with Gasteiger partial charge in [0.1, 0.15) is 22.1 Å². The largest absolute Gasteiger partial charge is 0.380 e. The normalized spacial score (nSPS) is 17.4. The van der Waals surface area contributed by atoms with Crippen molar-refractivity contribution >= 4 is 21.6 Å². The molecule has 0 spiro atoms. The molecule has 1 fully saturated rings. The van der Waals surface area contributed by atoms with E-state index in [0.717, 1.165) is 22.0 Å². The number of hydrogen-bond acceptors (Lipinski definition) is 4. The number of rotatable bonds is 4. The Balaban J connectivity index is 1.68. The molecule has 0 bridgehead atoms. The molecule has 0 radical (unpaired) electrons. The number of nitrogens with one attached hydrogen (secondary N) is 1. The molecular formula is C22H26F2N2O4S. The first kappa shape index (κ1) is 23.3. The molecule has 3 rings (SSSR count). The zero-order chi connectivity index (χ0) is 23.0. The average molecular weight is 453 g/mol. The maximum atomic E-state index is 14.0. The second-order valence-electron chi connectivity index (χ2n) is 8.79. The lowest BCUT2D eigenvalue weighted by molar-refractivity contribution is -0.137. The van der Waals surface area contributed by atoms with Crippen LogP contribution in [0, 0.1) is 11.6 Å². The number of anilines is 1. The van der Waals surface area contributed by atoms with Crippen molar-refractivity contribution in [1.82, 2.24) is 4.31 Å². The predicted molar refractivity (Wildman–Crippen MR) is 113 cm³/mol. The molecule has 9 heteroatoms. The Labute approximate surface area is 180 Å². The van der Waals surface area contributed by atoms with Gasteiger partial charge in [-0.2, -0.15) is 4.31 Å². The van der Waals surface area contributed by atoms with Crippen molar-refractivity contribution in [2.75, 3.05) is 18.4 Å². The summed E-state index contributed by atoms with van der Waals surface area (Å²) in [7, 11) is -4.29. The minimum absolute atomic E-state index is 0.0415. The summed E-state index contributed by atoms with van der Waals surface area (Å²) in [4.78, 5) is 11.9. The van der Waals surface area contributed by atoms with Gasteiger partial charge >= 0.3 is 0 Å². The number of nitrogens with zero attached hydrogens (tertiary/aromatic N) is 1. The van der Waals surface area contributed by atoms with Crippen molar-refractivity contribution in [3.05, 3.63) is 59.7 Å². The molecule has 2 aromatic rings. The van der Waals surface area contributed by atoms with Gasteiger partial charge in [-0.25, -0.2) is 17.2 Å². The number of amides is 1. The zero-order valence-corrected chi connectivity index (χ0v) is 18.5. The van der Waals surface area contributed by atoms with E-state index in [1.807, 2.05) is 12.1 Å². The van der Waals surface area contributed by atoms with Crippen LogP contribution in [0.1, 0.15) is 39.2 Å². The van der Waals surface area contributed by atoms with Gasteiger partial charge in [0.2, 0.25) is 10.0 Å². The molecule has 1 heterocycles. The fourth-order valence-corrected chi connectivity index (χ4v) is 4.96. The van der Waals surface area contributed by atoms with Gasteiger partial charge < -0.3 is 10.4 Å². The SMILES string of the molecule is CC(C)(C)c1ccc(NC(=O)C2(O)CCN(S(=O)(=O)c3cc(F)ccc3F)CC2)cc1. The molecule has 6 nitrogen and oxygen atoms in total. The summed E-state index contributed by atoms with van der Waals surface area (Å²) in [6.45, 7) is 5.80. The highest BCUT2D eigenvalue weighted by Gasteiger charge is 2.43. The molecule has 0 aliphatic carbocycles. The van der Waals surface area contributed by atoms with Gasteiger partial charge in [0, 0.05) is 18.8 Å².